The summed E-state index contributed by atoms with van der Waals surface area (Å²) in [7, 11) is 0. The van der Waals surface area contributed by atoms with E-state index in [2.05, 4.69) is 26.7 Å². The molecule has 2 aliphatic rings. The van der Waals surface area contributed by atoms with Crippen LogP contribution in [0.15, 0.2) is 53.0 Å². The van der Waals surface area contributed by atoms with E-state index in [1.807, 2.05) is 12.1 Å². The molecule has 4 rings (SSSR count). The minimum absolute atomic E-state index is 0.150. The van der Waals surface area contributed by atoms with Crippen LogP contribution >= 0.6 is 15.9 Å². The third-order valence-corrected chi connectivity index (χ3v) is 5.33. The Morgan fingerprint density at radius 1 is 1.26 bits per heavy atom. The summed E-state index contributed by atoms with van der Waals surface area (Å²) in [6.45, 7) is 1.76. The highest BCUT2D eigenvalue weighted by Gasteiger charge is 2.50. The predicted molar refractivity (Wildman–Crippen MR) is 99.7 cm³/mol. The standard InChI is InChI=1S/C19H16BrN3O4/c1-19(11-5-3-2-4-6-11)17(25)23(18(26)21-19)22-16(24)14-10-27-15-8-7-12(20)9-13(14)15/h2-9,14H,10H2,1H3,(H,21,26)(H,22,24). The van der Waals surface area contributed by atoms with Gasteiger partial charge in [0.15, 0.2) is 0 Å². The summed E-state index contributed by atoms with van der Waals surface area (Å²) in [6, 6.07) is 13.6. The smallest absolute Gasteiger partial charge is 0.344 e. The number of urea groups is 1. The van der Waals surface area contributed by atoms with Crippen molar-refractivity contribution in [3.8, 4) is 5.75 Å². The monoisotopic (exact) mass is 429 g/mol. The van der Waals surface area contributed by atoms with Gasteiger partial charge in [0, 0.05) is 10.0 Å². The van der Waals surface area contributed by atoms with Gasteiger partial charge >= 0.3 is 6.03 Å². The Bertz CT molecular complexity index is 949. The Morgan fingerprint density at radius 2 is 2.00 bits per heavy atom. The van der Waals surface area contributed by atoms with Crippen molar-refractivity contribution in [2.45, 2.75) is 18.4 Å². The van der Waals surface area contributed by atoms with E-state index in [1.54, 1.807) is 43.3 Å². The van der Waals surface area contributed by atoms with E-state index >= 15 is 0 Å². The zero-order chi connectivity index (χ0) is 19.2. The second-order valence-corrected chi connectivity index (χ2v) is 7.50. The largest absolute Gasteiger partial charge is 0.492 e. The van der Waals surface area contributed by atoms with Gasteiger partial charge in [0.25, 0.3) is 5.91 Å². The molecule has 2 atom stereocenters. The first kappa shape index (κ1) is 17.5. The lowest BCUT2D eigenvalue weighted by Crippen LogP contribution is -2.49. The molecule has 2 unspecified atom stereocenters. The molecule has 0 saturated carbocycles. The number of ether oxygens (including phenoxy) is 1. The highest BCUT2D eigenvalue weighted by atomic mass is 79.9. The highest BCUT2D eigenvalue weighted by Crippen LogP contribution is 2.36. The van der Waals surface area contributed by atoms with E-state index < -0.39 is 29.3 Å². The summed E-state index contributed by atoms with van der Waals surface area (Å²) < 4.78 is 6.35. The maximum atomic E-state index is 12.9. The van der Waals surface area contributed by atoms with Crippen LogP contribution < -0.4 is 15.5 Å². The zero-order valence-electron chi connectivity index (χ0n) is 14.4. The SMILES string of the molecule is CC1(c2ccccc2)NC(=O)N(NC(=O)C2COc3ccc(Br)cc32)C1=O. The second kappa shape index (κ2) is 6.38. The number of hydrogen-bond donors (Lipinski definition) is 2. The second-order valence-electron chi connectivity index (χ2n) is 6.58. The maximum Gasteiger partial charge on any atom is 0.344 e. The van der Waals surface area contributed by atoms with Crippen molar-refractivity contribution in [2.75, 3.05) is 6.61 Å². The average molecular weight is 430 g/mol. The molecule has 1 fully saturated rings. The number of fused-ring (bicyclic) bond motifs is 1. The summed E-state index contributed by atoms with van der Waals surface area (Å²) in [5.74, 6) is -1.01. The van der Waals surface area contributed by atoms with Crippen LogP contribution in [-0.2, 0) is 15.1 Å². The summed E-state index contributed by atoms with van der Waals surface area (Å²) in [4.78, 5) is 38.0. The lowest BCUT2D eigenvalue weighted by atomic mass is 9.92. The van der Waals surface area contributed by atoms with E-state index in [0.29, 0.717) is 16.9 Å². The molecule has 8 heteroatoms. The first-order valence-electron chi connectivity index (χ1n) is 8.35. The van der Waals surface area contributed by atoms with Gasteiger partial charge < -0.3 is 10.1 Å². The predicted octanol–water partition coefficient (Wildman–Crippen LogP) is 2.42. The summed E-state index contributed by atoms with van der Waals surface area (Å²) in [5.41, 5.74) is 2.55. The summed E-state index contributed by atoms with van der Waals surface area (Å²) >= 11 is 3.37. The Labute approximate surface area is 163 Å². The number of carbonyl (C=O) groups excluding carboxylic acids is 3. The fourth-order valence-electron chi connectivity index (χ4n) is 3.30. The van der Waals surface area contributed by atoms with Crippen molar-refractivity contribution in [1.82, 2.24) is 15.8 Å². The Balaban J connectivity index is 1.56. The third kappa shape index (κ3) is 2.86. The van der Waals surface area contributed by atoms with Crippen molar-refractivity contribution in [3.63, 3.8) is 0 Å². The average Bonchev–Trinajstić information content (AvgIpc) is 3.17. The molecule has 2 aliphatic heterocycles. The molecule has 0 aromatic heterocycles. The molecule has 4 amide bonds. The van der Waals surface area contributed by atoms with E-state index in [4.69, 9.17) is 4.74 Å². The number of rotatable bonds is 3. The normalized spacial score (nSPS) is 23.6. The van der Waals surface area contributed by atoms with E-state index in [1.165, 1.54) is 0 Å². The molecule has 1 saturated heterocycles. The van der Waals surface area contributed by atoms with Crippen LogP contribution in [0.2, 0.25) is 0 Å². The molecular weight excluding hydrogens is 414 g/mol. The lowest BCUT2D eigenvalue weighted by Gasteiger charge is -2.22. The quantitative estimate of drug-likeness (QED) is 0.733. The van der Waals surface area contributed by atoms with Crippen LogP contribution in [0.4, 0.5) is 4.79 Å². The molecule has 2 aromatic rings. The van der Waals surface area contributed by atoms with Crippen LogP contribution in [0.25, 0.3) is 0 Å². The van der Waals surface area contributed by atoms with Crippen molar-refractivity contribution < 1.29 is 19.1 Å². The number of nitrogens with zero attached hydrogens (tertiary/aromatic N) is 1. The first-order valence-corrected chi connectivity index (χ1v) is 9.14. The minimum Gasteiger partial charge on any atom is -0.492 e. The van der Waals surface area contributed by atoms with Gasteiger partial charge in [0.05, 0.1) is 0 Å². The van der Waals surface area contributed by atoms with Gasteiger partial charge in [-0.1, -0.05) is 46.3 Å². The number of nitrogens with one attached hydrogen (secondary N) is 2. The molecule has 0 aliphatic carbocycles. The summed E-state index contributed by atoms with van der Waals surface area (Å²) in [5, 5.41) is 3.40. The fraction of sp³-hybridized carbons (Fsp3) is 0.211. The fourth-order valence-corrected chi connectivity index (χ4v) is 3.68. The molecule has 0 bridgehead atoms. The Morgan fingerprint density at radius 3 is 2.74 bits per heavy atom. The molecule has 2 heterocycles. The van der Waals surface area contributed by atoms with Crippen molar-refractivity contribution >= 4 is 33.8 Å². The number of hydrazine groups is 1. The summed E-state index contributed by atoms with van der Waals surface area (Å²) in [6.07, 6.45) is 0. The number of halogens is 1. The molecule has 7 nitrogen and oxygen atoms in total. The zero-order valence-corrected chi connectivity index (χ0v) is 15.9. The van der Waals surface area contributed by atoms with Crippen LogP contribution in [-0.4, -0.2) is 29.5 Å². The Kier molecular flexibility index (Phi) is 4.15. The van der Waals surface area contributed by atoms with Gasteiger partial charge in [-0.3, -0.25) is 15.0 Å². The van der Waals surface area contributed by atoms with E-state index in [0.717, 1.165) is 9.48 Å². The number of carbonyl (C=O) groups is 3. The van der Waals surface area contributed by atoms with Gasteiger partial charge in [-0.25, -0.2) is 4.79 Å². The van der Waals surface area contributed by atoms with Crippen molar-refractivity contribution in [2.24, 2.45) is 0 Å². The molecular formula is C19H16BrN3O4. The van der Waals surface area contributed by atoms with Crippen molar-refractivity contribution in [3.05, 3.63) is 64.1 Å². The maximum absolute atomic E-state index is 12.9. The van der Waals surface area contributed by atoms with Gasteiger partial charge in [0.2, 0.25) is 5.91 Å². The van der Waals surface area contributed by atoms with Gasteiger partial charge in [-0.15, -0.1) is 0 Å². The van der Waals surface area contributed by atoms with Gasteiger partial charge in [-0.05, 0) is 30.7 Å². The Hall–Kier alpha value is -2.87. The number of amides is 4. The van der Waals surface area contributed by atoms with E-state index in [-0.39, 0.29) is 6.61 Å². The topological polar surface area (TPSA) is 87.7 Å². The molecule has 2 aromatic carbocycles. The van der Waals surface area contributed by atoms with Crippen molar-refractivity contribution in [1.29, 1.82) is 0 Å². The molecule has 2 N–H and O–H groups in total. The lowest BCUT2D eigenvalue weighted by molar-refractivity contribution is -0.139. The molecule has 0 spiro atoms. The number of imide groups is 1. The van der Waals surface area contributed by atoms with Crippen LogP contribution in [0.3, 0.4) is 0 Å². The van der Waals surface area contributed by atoms with Crippen LogP contribution in [0.1, 0.15) is 24.0 Å². The molecule has 138 valence electrons. The molecule has 27 heavy (non-hydrogen) atoms. The van der Waals surface area contributed by atoms with Gasteiger partial charge in [0.1, 0.15) is 23.8 Å². The van der Waals surface area contributed by atoms with E-state index in [9.17, 15) is 14.4 Å². The highest BCUT2D eigenvalue weighted by molar-refractivity contribution is 9.10. The molecule has 0 radical (unpaired) electrons. The van der Waals surface area contributed by atoms with Gasteiger partial charge in [-0.2, -0.15) is 5.01 Å². The van der Waals surface area contributed by atoms with Crippen LogP contribution in [0, 0.1) is 0 Å². The number of hydrogen-bond acceptors (Lipinski definition) is 4. The number of benzene rings is 2. The third-order valence-electron chi connectivity index (χ3n) is 4.83. The van der Waals surface area contributed by atoms with Crippen LogP contribution in [0.5, 0.6) is 5.75 Å². The minimum atomic E-state index is -1.24. The first-order chi connectivity index (χ1) is 12.9.